The number of rotatable bonds is 8. The molecule has 1 N–H and O–H groups in total. The Hall–Kier alpha value is -2.90. The zero-order valence-corrected chi connectivity index (χ0v) is 16.4. The molecule has 0 radical (unpaired) electrons. The average molecular weight is 393 g/mol. The molecule has 0 unspecified atom stereocenters. The number of amides is 1. The summed E-state index contributed by atoms with van der Waals surface area (Å²) in [5.41, 5.74) is 3.27. The second-order valence-corrected chi connectivity index (χ2v) is 6.45. The molecule has 1 heterocycles. The lowest BCUT2D eigenvalue weighted by Crippen LogP contribution is -2.18. The number of nitrogens with one attached hydrogen (secondary N) is 1. The summed E-state index contributed by atoms with van der Waals surface area (Å²) in [6, 6.07) is 0. The van der Waals surface area contributed by atoms with Gasteiger partial charge in [-0.25, -0.2) is 9.18 Å². The molecule has 0 bridgehead atoms. The highest BCUT2D eigenvalue weighted by molar-refractivity contribution is 6.06. The smallest absolute Gasteiger partial charge is 0.341 e. The summed E-state index contributed by atoms with van der Waals surface area (Å²) >= 11 is 0. The maximum absolute atomic E-state index is 12.8. The van der Waals surface area contributed by atoms with E-state index in [4.69, 9.17) is 9.47 Å². The molecule has 1 aromatic carbocycles. The van der Waals surface area contributed by atoms with Crippen LogP contribution in [-0.2, 0) is 32.1 Å². The maximum atomic E-state index is 12.8. The molecule has 0 fully saturated rings. The Morgan fingerprint density at radius 3 is 2.61 bits per heavy atom. The van der Waals surface area contributed by atoms with Gasteiger partial charge in [0.1, 0.15) is 12.4 Å². The summed E-state index contributed by atoms with van der Waals surface area (Å²) < 4.78 is 28.1. The highest BCUT2D eigenvalue weighted by Crippen LogP contribution is 2.41. The van der Waals surface area contributed by atoms with E-state index in [1.165, 1.54) is 14.2 Å². The minimum atomic E-state index is -1.21. The van der Waals surface area contributed by atoms with E-state index in [1.807, 2.05) is 13.0 Å². The predicted octanol–water partition coefficient (Wildman–Crippen LogP) is 3.02. The third-order valence-electron chi connectivity index (χ3n) is 4.67. The number of hydrogen-bond donors (Lipinski definition) is 1. The lowest BCUT2D eigenvalue weighted by Gasteiger charge is -2.19. The summed E-state index contributed by atoms with van der Waals surface area (Å²) in [6.07, 6.45) is 2.95. The van der Waals surface area contributed by atoms with Crippen LogP contribution >= 0.6 is 0 Å². The van der Waals surface area contributed by atoms with Crippen molar-refractivity contribution in [2.75, 3.05) is 26.2 Å². The SMILES string of the molecule is COC(=O)CCC(C)=CCc1c(NC(=O)CF)c2c(c(C)c1OC)COC2=O. The van der Waals surface area contributed by atoms with Gasteiger partial charge in [0.25, 0.3) is 5.91 Å². The number of alkyl halides is 1. The van der Waals surface area contributed by atoms with Crippen molar-refractivity contribution in [1.82, 2.24) is 0 Å². The van der Waals surface area contributed by atoms with Gasteiger partial charge in [0.15, 0.2) is 6.67 Å². The monoisotopic (exact) mass is 393 g/mol. The van der Waals surface area contributed by atoms with Crippen LogP contribution in [0.2, 0.25) is 0 Å². The van der Waals surface area contributed by atoms with Gasteiger partial charge in [0.05, 0.1) is 25.5 Å². The zero-order chi connectivity index (χ0) is 20.8. The Morgan fingerprint density at radius 1 is 1.29 bits per heavy atom. The van der Waals surface area contributed by atoms with Gasteiger partial charge in [-0.05, 0) is 32.3 Å². The lowest BCUT2D eigenvalue weighted by molar-refractivity contribution is -0.140. The van der Waals surface area contributed by atoms with E-state index >= 15 is 0 Å². The number of carbonyl (C=O) groups excluding carboxylic acids is 3. The van der Waals surface area contributed by atoms with Crippen LogP contribution in [0.15, 0.2) is 11.6 Å². The Bertz CT molecular complexity index is 831. The molecule has 0 spiro atoms. The van der Waals surface area contributed by atoms with Crippen molar-refractivity contribution in [3.8, 4) is 5.75 Å². The first-order valence-corrected chi connectivity index (χ1v) is 8.81. The number of hydrogen-bond acceptors (Lipinski definition) is 6. The van der Waals surface area contributed by atoms with Crippen molar-refractivity contribution >= 4 is 23.5 Å². The number of fused-ring (bicyclic) bond motifs is 1. The number of allylic oxidation sites excluding steroid dienone is 2. The average Bonchev–Trinajstić information content (AvgIpc) is 3.08. The van der Waals surface area contributed by atoms with E-state index in [-0.39, 0.29) is 30.2 Å². The van der Waals surface area contributed by atoms with Crippen molar-refractivity contribution in [1.29, 1.82) is 0 Å². The van der Waals surface area contributed by atoms with Gasteiger partial charge in [-0.1, -0.05) is 11.6 Å². The first-order valence-electron chi connectivity index (χ1n) is 8.81. The minimum absolute atomic E-state index is 0.0726. The number of cyclic esters (lactones) is 1. The molecule has 2 rings (SSSR count). The van der Waals surface area contributed by atoms with Crippen LogP contribution in [0.4, 0.5) is 10.1 Å². The van der Waals surface area contributed by atoms with Gasteiger partial charge in [-0.15, -0.1) is 0 Å². The highest BCUT2D eigenvalue weighted by Gasteiger charge is 2.32. The third-order valence-corrected chi connectivity index (χ3v) is 4.67. The highest BCUT2D eigenvalue weighted by atomic mass is 19.1. The standard InChI is InChI=1S/C20H24FNO6/c1-11(6-8-16(24)26-3)5-7-13-18(22-15(23)9-21)17-14(10-28-20(17)25)12(2)19(13)27-4/h5H,6-10H2,1-4H3,(H,22,23). The number of esters is 2. The van der Waals surface area contributed by atoms with Gasteiger partial charge < -0.3 is 19.5 Å². The quantitative estimate of drug-likeness (QED) is 0.539. The number of benzene rings is 1. The van der Waals surface area contributed by atoms with Gasteiger partial charge in [0, 0.05) is 17.5 Å². The fourth-order valence-corrected chi connectivity index (χ4v) is 3.14. The Balaban J connectivity index is 2.47. The molecular weight excluding hydrogens is 369 g/mol. The van der Waals surface area contributed by atoms with E-state index in [2.05, 4.69) is 10.1 Å². The van der Waals surface area contributed by atoms with Gasteiger partial charge in [0.2, 0.25) is 0 Å². The second-order valence-electron chi connectivity index (χ2n) is 6.45. The molecule has 0 saturated carbocycles. The molecule has 28 heavy (non-hydrogen) atoms. The molecule has 1 aromatic rings. The fraction of sp³-hybridized carbons (Fsp3) is 0.450. The molecule has 0 saturated heterocycles. The largest absolute Gasteiger partial charge is 0.496 e. The molecule has 0 atom stereocenters. The van der Waals surface area contributed by atoms with Gasteiger partial charge in [-0.3, -0.25) is 9.59 Å². The molecular formula is C20H24FNO6. The molecule has 152 valence electrons. The number of anilines is 1. The van der Waals surface area contributed by atoms with E-state index in [9.17, 15) is 18.8 Å². The summed E-state index contributed by atoms with van der Waals surface area (Å²) in [6.45, 7) is 2.53. The normalized spacial score (nSPS) is 13.0. The van der Waals surface area contributed by atoms with Crippen molar-refractivity contribution < 1.29 is 33.0 Å². The number of ether oxygens (including phenoxy) is 3. The minimum Gasteiger partial charge on any atom is -0.496 e. The van der Waals surface area contributed by atoms with E-state index in [0.717, 1.165) is 11.1 Å². The maximum Gasteiger partial charge on any atom is 0.341 e. The third kappa shape index (κ3) is 4.49. The van der Waals surface area contributed by atoms with Crippen molar-refractivity contribution in [2.24, 2.45) is 0 Å². The summed E-state index contributed by atoms with van der Waals surface area (Å²) in [5.74, 6) is -1.23. The molecule has 1 amide bonds. The first kappa shape index (κ1) is 21.4. The number of halogens is 1. The number of carbonyl (C=O) groups is 3. The molecule has 1 aliphatic rings. The topological polar surface area (TPSA) is 90.9 Å². The van der Waals surface area contributed by atoms with E-state index < -0.39 is 18.6 Å². The fourth-order valence-electron chi connectivity index (χ4n) is 3.14. The summed E-state index contributed by atoms with van der Waals surface area (Å²) in [7, 11) is 2.82. The van der Waals surface area contributed by atoms with Gasteiger partial charge >= 0.3 is 11.9 Å². The zero-order valence-electron chi connectivity index (χ0n) is 16.4. The van der Waals surface area contributed by atoms with Crippen LogP contribution in [-0.4, -0.2) is 38.7 Å². The second kappa shape index (κ2) is 9.34. The van der Waals surface area contributed by atoms with E-state index in [0.29, 0.717) is 29.7 Å². The van der Waals surface area contributed by atoms with E-state index in [1.54, 1.807) is 6.92 Å². The summed E-state index contributed by atoms with van der Waals surface area (Å²) in [5, 5.41) is 2.48. The molecule has 0 aliphatic carbocycles. The Kier molecular flexibility index (Phi) is 7.14. The van der Waals surface area contributed by atoms with Crippen molar-refractivity contribution in [3.05, 3.63) is 33.9 Å². The number of methoxy groups -OCH3 is 2. The Morgan fingerprint density at radius 2 is 2.00 bits per heavy atom. The van der Waals surface area contributed by atoms with Crippen molar-refractivity contribution in [3.63, 3.8) is 0 Å². The molecule has 0 aromatic heterocycles. The Labute approximate surface area is 162 Å². The van der Waals surface area contributed by atoms with Crippen LogP contribution in [0.3, 0.4) is 0 Å². The van der Waals surface area contributed by atoms with Crippen LogP contribution < -0.4 is 10.1 Å². The van der Waals surface area contributed by atoms with Crippen LogP contribution in [0.25, 0.3) is 0 Å². The molecule has 8 heteroatoms. The van der Waals surface area contributed by atoms with Crippen LogP contribution in [0.5, 0.6) is 5.75 Å². The van der Waals surface area contributed by atoms with Gasteiger partial charge in [-0.2, -0.15) is 0 Å². The van der Waals surface area contributed by atoms with Crippen LogP contribution in [0, 0.1) is 6.92 Å². The van der Waals surface area contributed by atoms with Crippen LogP contribution in [0.1, 0.15) is 46.8 Å². The molecule has 1 aliphatic heterocycles. The first-order chi connectivity index (χ1) is 13.3. The lowest BCUT2D eigenvalue weighted by atomic mass is 9.93. The summed E-state index contributed by atoms with van der Waals surface area (Å²) in [4.78, 5) is 35.3. The van der Waals surface area contributed by atoms with Crippen molar-refractivity contribution in [2.45, 2.75) is 39.7 Å². The molecule has 7 nitrogen and oxygen atoms in total. The predicted molar refractivity (Wildman–Crippen MR) is 100 cm³/mol.